The van der Waals surface area contributed by atoms with Crippen LogP contribution in [0.2, 0.25) is 0 Å². The summed E-state index contributed by atoms with van der Waals surface area (Å²) in [5.41, 5.74) is 1.47. The highest BCUT2D eigenvalue weighted by atomic mass is 32.2. The Morgan fingerprint density at radius 1 is 1.11 bits per heavy atom. The lowest BCUT2D eigenvalue weighted by atomic mass is 10.0. The molecule has 2 heterocycles. The van der Waals surface area contributed by atoms with Crippen molar-refractivity contribution >= 4 is 27.1 Å². The van der Waals surface area contributed by atoms with Crippen LogP contribution in [0.15, 0.2) is 71.2 Å². The average molecular weight is 415 g/mol. The zero-order valence-corrected chi connectivity index (χ0v) is 17.3. The van der Waals surface area contributed by atoms with E-state index >= 15 is 0 Å². The number of thiophene rings is 1. The number of benzene rings is 1. The van der Waals surface area contributed by atoms with Gasteiger partial charge in [0.15, 0.2) is 9.84 Å². The lowest BCUT2D eigenvalue weighted by molar-refractivity contribution is 0.0953. The van der Waals surface area contributed by atoms with Crippen LogP contribution >= 0.6 is 11.3 Å². The van der Waals surface area contributed by atoms with E-state index in [1.807, 2.05) is 23.6 Å². The highest BCUT2D eigenvalue weighted by Crippen LogP contribution is 2.32. The van der Waals surface area contributed by atoms with Gasteiger partial charge in [0.1, 0.15) is 5.25 Å². The molecular weight excluding hydrogens is 392 g/mol. The SMILES string of the molecule is CC(C)c1ccc(S(=O)(=O)[C@H](CNC(=O)c2cccnc2)c2cccs2)cc1. The van der Waals surface area contributed by atoms with Crippen LogP contribution in [0.4, 0.5) is 0 Å². The van der Waals surface area contributed by atoms with Crippen LogP contribution in [0.5, 0.6) is 0 Å². The maximum absolute atomic E-state index is 13.3. The van der Waals surface area contributed by atoms with Gasteiger partial charge in [0.05, 0.1) is 10.5 Å². The van der Waals surface area contributed by atoms with Crippen LogP contribution in [0.3, 0.4) is 0 Å². The summed E-state index contributed by atoms with van der Waals surface area (Å²) in [6.45, 7) is 4.11. The van der Waals surface area contributed by atoms with Crippen LogP contribution in [0.1, 0.15) is 45.8 Å². The molecule has 0 spiro atoms. The van der Waals surface area contributed by atoms with E-state index in [-0.39, 0.29) is 17.3 Å². The van der Waals surface area contributed by atoms with Gasteiger partial charge in [-0.05, 0) is 47.2 Å². The number of pyridine rings is 1. The number of nitrogens with one attached hydrogen (secondary N) is 1. The second kappa shape index (κ2) is 8.67. The van der Waals surface area contributed by atoms with Crippen molar-refractivity contribution in [3.05, 3.63) is 82.3 Å². The van der Waals surface area contributed by atoms with Gasteiger partial charge in [-0.25, -0.2) is 8.42 Å². The van der Waals surface area contributed by atoms with Crippen molar-refractivity contribution < 1.29 is 13.2 Å². The monoisotopic (exact) mass is 414 g/mol. The Bertz CT molecular complexity index is 1010. The molecule has 0 fully saturated rings. The summed E-state index contributed by atoms with van der Waals surface area (Å²) in [5, 5.41) is 3.73. The van der Waals surface area contributed by atoms with Crippen molar-refractivity contribution in [3.63, 3.8) is 0 Å². The predicted molar refractivity (Wildman–Crippen MR) is 111 cm³/mol. The summed E-state index contributed by atoms with van der Waals surface area (Å²) < 4.78 is 26.6. The fraction of sp³-hybridized carbons (Fsp3) is 0.238. The van der Waals surface area contributed by atoms with E-state index in [9.17, 15) is 13.2 Å². The molecule has 0 aliphatic heterocycles. The minimum Gasteiger partial charge on any atom is -0.350 e. The first-order valence-electron chi connectivity index (χ1n) is 8.95. The van der Waals surface area contributed by atoms with E-state index < -0.39 is 15.1 Å². The predicted octanol–water partition coefficient (Wildman–Crippen LogP) is 4.21. The Kier molecular flexibility index (Phi) is 6.26. The fourth-order valence-corrected chi connectivity index (χ4v) is 5.61. The highest BCUT2D eigenvalue weighted by molar-refractivity contribution is 7.91. The lowest BCUT2D eigenvalue weighted by Gasteiger charge is -2.18. The van der Waals surface area contributed by atoms with E-state index in [2.05, 4.69) is 24.1 Å². The second-order valence-electron chi connectivity index (χ2n) is 6.72. The number of aromatic nitrogens is 1. The number of carbonyl (C=O) groups excluding carboxylic acids is 1. The van der Waals surface area contributed by atoms with Crippen molar-refractivity contribution in [1.29, 1.82) is 0 Å². The Labute approximate surface area is 169 Å². The van der Waals surface area contributed by atoms with Gasteiger partial charge in [-0.1, -0.05) is 32.0 Å². The third kappa shape index (κ3) is 4.48. The lowest BCUT2D eigenvalue weighted by Crippen LogP contribution is -2.31. The van der Waals surface area contributed by atoms with Gasteiger partial charge in [-0.2, -0.15) is 0 Å². The molecule has 0 aliphatic carbocycles. The molecule has 0 saturated carbocycles. The maximum atomic E-state index is 13.3. The van der Waals surface area contributed by atoms with E-state index in [1.165, 1.54) is 17.5 Å². The normalized spacial score (nSPS) is 12.7. The minimum atomic E-state index is -3.66. The molecule has 28 heavy (non-hydrogen) atoms. The third-order valence-electron chi connectivity index (χ3n) is 4.48. The molecule has 2 aromatic heterocycles. The highest BCUT2D eigenvalue weighted by Gasteiger charge is 2.30. The third-order valence-corrected chi connectivity index (χ3v) is 7.72. The maximum Gasteiger partial charge on any atom is 0.252 e. The van der Waals surface area contributed by atoms with Crippen molar-refractivity contribution in [3.8, 4) is 0 Å². The van der Waals surface area contributed by atoms with Gasteiger partial charge in [-0.15, -0.1) is 11.3 Å². The molecule has 0 bridgehead atoms. The van der Waals surface area contributed by atoms with Gasteiger partial charge in [0, 0.05) is 23.8 Å². The molecule has 1 aromatic carbocycles. The zero-order valence-electron chi connectivity index (χ0n) is 15.7. The summed E-state index contributed by atoms with van der Waals surface area (Å²) in [4.78, 5) is 17.2. The Balaban J connectivity index is 1.86. The first kappa shape index (κ1) is 20.2. The summed E-state index contributed by atoms with van der Waals surface area (Å²) in [7, 11) is -3.66. The molecule has 0 unspecified atom stereocenters. The summed E-state index contributed by atoms with van der Waals surface area (Å²) in [5.74, 6) is -0.0244. The summed E-state index contributed by atoms with van der Waals surface area (Å²) in [6, 6.07) is 13.9. The van der Waals surface area contributed by atoms with Crippen molar-refractivity contribution in [2.75, 3.05) is 6.54 Å². The molecule has 0 saturated heterocycles. The van der Waals surface area contributed by atoms with Crippen molar-refractivity contribution in [1.82, 2.24) is 10.3 Å². The van der Waals surface area contributed by atoms with Crippen LogP contribution < -0.4 is 5.32 Å². The smallest absolute Gasteiger partial charge is 0.252 e. The topological polar surface area (TPSA) is 76.1 Å². The number of rotatable bonds is 7. The molecule has 3 rings (SSSR count). The van der Waals surface area contributed by atoms with E-state index in [1.54, 1.807) is 36.5 Å². The fourth-order valence-electron chi connectivity index (χ4n) is 2.83. The molecule has 7 heteroatoms. The molecule has 0 aliphatic rings. The van der Waals surface area contributed by atoms with Crippen LogP contribution in [0.25, 0.3) is 0 Å². The second-order valence-corrected chi connectivity index (χ2v) is 9.83. The first-order chi connectivity index (χ1) is 13.4. The van der Waals surface area contributed by atoms with Crippen molar-refractivity contribution in [2.24, 2.45) is 0 Å². The number of sulfone groups is 1. The number of nitrogens with zero attached hydrogens (tertiary/aromatic N) is 1. The van der Waals surface area contributed by atoms with Crippen LogP contribution in [0, 0.1) is 0 Å². The molecule has 1 N–H and O–H groups in total. The largest absolute Gasteiger partial charge is 0.350 e. The zero-order chi connectivity index (χ0) is 20.1. The van der Waals surface area contributed by atoms with Gasteiger partial charge in [-0.3, -0.25) is 9.78 Å². The molecule has 5 nitrogen and oxygen atoms in total. The standard InChI is InChI=1S/C21H22N2O3S2/c1-15(2)16-7-9-18(10-8-16)28(25,26)20(19-6-4-12-27-19)14-23-21(24)17-5-3-11-22-13-17/h3-13,15,20H,14H2,1-2H3,(H,23,24)/t20-/m1/s1. The van der Waals surface area contributed by atoms with E-state index in [4.69, 9.17) is 0 Å². The van der Waals surface area contributed by atoms with E-state index in [0.29, 0.717) is 16.4 Å². The Morgan fingerprint density at radius 3 is 2.43 bits per heavy atom. The summed E-state index contributed by atoms with van der Waals surface area (Å²) in [6.07, 6.45) is 3.03. The van der Waals surface area contributed by atoms with Gasteiger partial charge >= 0.3 is 0 Å². The van der Waals surface area contributed by atoms with Gasteiger partial charge < -0.3 is 5.32 Å². The quantitative estimate of drug-likeness (QED) is 0.628. The van der Waals surface area contributed by atoms with Crippen LogP contribution in [-0.2, 0) is 9.84 Å². The first-order valence-corrected chi connectivity index (χ1v) is 11.4. The number of amides is 1. The number of hydrogen-bond donors (Lipinski definition) is 1. The number of carbonyl (C=O) groups is 1. The molecule has 1 atom stereocenters. The van der Waals surface area contributed by atoms with E-state index in [0.717, 1.165) is 5.56 Å². The molecule has 0 radical (unpaired) electrons. The van der Waals surface area contributed by atoms with Gasteiger partial charge in [0.25, 0.3) is 5.91 Å². The molecule has 1 amide bonds. The molecule has 3 aromatic rings. The summed E-state index contributed by atoms with van der Waals surface area (Å²) >= 11 is 1.37. The van der Waals surface area contributed by atoms with Crippen molar-refractivity contribution in [2.45, 2.75) is 29.9 Å². The van der Waals surface area contributed by atoms with Gasteiger partial charge in [0.2, 0.25) is 0 Å². The molecular formula is C21H22N2O3S2. The Hall–Kier alpha value is -2.51. The minimum absolute atomic E-state index is 0.0114. The number of hydrogen-bond acceptors (Lipinski definition) is 5. The Morgan fingerprint density at radius 2 is 1.86 bits per heavy atom. The average Bonchev–Trinajstić information content (AvgIpc) is 3.23. The molecule has 146 valence electrons. The van der Waals surface area contributed by atoms with Crippen LogP contribution in [-0.4, -0.2) is 25.9 Å².